The standard InChI is InChI=1S/C7H5BrN2/c8-6-2-1-5-10-7(6)3-4-9-10/h1-5H. The second-order valence-electron chi connectivity index (χ2n) is 2.02. The summed E-state index contributed by atoms with van der Waals surface area (Å²) in [5, 5.41) is 4.07. The molecule has 0 radical (unpaired) electrons. The second kappa shape index (κ2) is 2.09. The predicted molar refractivity (Wildman–Crippen MR) is 42.9 cm³/mol. The van der Waals surface area contributed by atoms with Crippen molar-refractivity contribution < 1.29 is 0 Å². The Morgan fingerprint density at radius 2 is 2.30 bits per heavy atom. The quantitative estimate of drug-likeness (QED) is 0.632. The van der Waals surface area contributed by atoms with Crippen LogP contribution >= 0.6 is 15.9 Å². The van der Waals surface area contributed by atoms with E-state index in [2.05, 4.69) is 21.0 Å². The van der Waals surface area contributed by atoms with Gasteiger partial charge in [0.25, 0.3) is 0 Å². The molecular weight excluding hydrogens is 192 g/mol. The fourth-order valence-corrected chi connectivity index (χ4v) is 1.38. The molecule has 2 aromatic heterocycles. The molecule has 0 atom stereocenters. The summed E-state index contributed by atoms with van der Waals surface area (Å²) in [6.07, 6.45) is 3.69. The number of halogens is 1. The summed E-state index contributed by atoms with van der Waals surface area (Å²) in [5.74, 6) is 0. The summed E-state index contributed by atoms with van der Waals surface area (Å²) in [5.41, 5.74) is 1.10. The summed E-state index contributed by atoms with van der Waals surface area (Å²) >= 11 is 3.42. The van der Waals surface area contributed by atoms with Crippen LogP contribution in [0.5, 0.6) is 0 Å². The Morgan fingerprint density at radius 3 is 3.10 bits per heavy atom. The summed E-state index contributed by atoms with van der Waals surface area (Å²) in [7, 11) is 0. The molecule has 0 aliphatic heterocycles. The molecule has 0 aliphatic rings. The molecule has 3 heteroatoms. The van der Waals surface area contributed by atoms with Crippen LogP contribution in [0.15, 0.2) is 35.1 Å². The summed E-state index contributed by atoms with van der Waals surface area (Å²) < 4.78 is 2.90. The summed E-state index contributed by atoms with van der Waals surface area (Å²) in [4.78, 5) is 0. The number of aromatic nitrogens is 2. The highest BCUT2D eigenvalue weighted by atomic mass is 79.9. The number of nitrogens with zero attached hydrogens (tertiary/aromatic N) is 2. The van der Waals surface area contributed by atoms with E-state index in [1.165, 1.54) is 0 Å². The number of hydrogen-bond acceptors (Lipinski definition) is 1. The highest BCUT2D eigenvalue weighted by Gasteiger charge is 1.94. The minimum atomic E-state index is 1.08. The van der Waals surface area contributed by atoms with Gasteiger partial charge in [0, 0.05) is 10.7 Å². The van der Waals surface area contributed by atoms with Crippen LogP contribution in [0.3, 0.4) is 0 Å². The lowest BCUT2D eigenvalue weighted by Gasteiger charge is -1.92. The lowest BCUT2D eigenvalue weighted by atomic mass is 10.4. The Kier molecular flexibility index (Phi) is 1.24. The molecule has 0 unspecified atom stereocenters. The normalized spacial score (nSPS) is 10.5. The lowest BCUT2D eigenvalue weighted by molar-refractivity contribution is 0.958. The van der Waals surface area contributed by atoms with E-state index >= 15 is 0 Å². The third kappa shape index (κ3) is 0.743. The van der Waals surface area contributed by atoms with Crippen molar-refractivity contribution in [1.82, 2.24) is 9.61 Å². The van der Waals surface area contributed by atoms with Gasteiger partial charge in [-0.3, -0.25) is 0 Å². The van der Waals surface area contributed by atoms with Crippen molar-refractivity contribution in [1.29, 1.82) is 0 Å². The van der Waals surface area contributed by atoms with Gasteiger partial charge in [0.2, 0.25) is 0 Å². The molecule has 0 amide bonds. The molecule has 10 heavy (non-hydrogen) atoms. The zero-order chi connectivity index (χ0) is 6.97. The maximum absolute atomic E-state index is 4.07. The van der Waals surface area contributed by atoms with E-state index < -0.39 is 0 Å². The van der Waals surface area contributed by atoms with Gasteiger partial charge in [0.05, 0.1) is 11.7 Å². The molecule has 0 N–H and O–H groups in total. The highest BCUT2D eigenvalue weighted by Crippen LogP contribution is 2.15. The largest absolute Gasteiger partial charge is 0.240 e. The fourth-order valence-electron chi connectivity index (χ4n) is 0.917. The monoisotopic (exact) mass is 196 g/mol. The topological polar surface area (TPSA) is 17.3 Å². The van der Waals surface area contributed by atoms with Gasteiger partial charge in [-0.2, -0.15) is 5.10 Å². The van der Waals surface area contributed by atoms with Crippen LogP contribution in [-0.4, -0.2) is 9.61 Å². The first-order valence-corrected chi connectivity index (χ1v) is 3.75. The Labute approximate surface area is 66.6 Å². The molecule has 0 spiro atoms. The van der Waals surface area contributed by atoms with Crippen LogP contribution in [0.1, 0.15) is 0 Å². The van der Waals surface area contributed by atoms with Gasteiger partial charge >= 0.3 is 0 Å². The van der Waals surface area contributed by atoms with Crippen LogP contribution in [0.25, 0.3) is 5.52 Å². The van der Waals surface area contributed by atoms with Gasteiger partial charge in [-0.15, -0.1) is 0 Å². The van der Waals surface area contributed by atoms with Crippen LogP contribution in [0.2, 0.25) is 0 Å². The minimum Gasteiger partial charge on any atom is -0.240 e. The smallest absolute Gasteiger partial charge is 0.0803 e. The molecule has 50 valence electrons. The Morgan fingerprint density at radius 1 is 1.40 bits per heavy atom. The van der Waals surface area contributed by atoms with Crippen molar-refractivity contribution in [3.63, 3.8) is 0 Å². The lowest BCUT2D eigenvalue weighted by Crippen LogP contribution is -1.83. The zero-order valence-corrected chi connectivity index (χ0v) is 6.75. The maximum Gasteiger partial charge on any atom is 0.0803 e. The van der Waals surface area contributed by atoms with Gasteiger partial charge < -0.3 is 0 Å². The molecule has 0 saturated carbocycles. The van der Waals surface area contributed by atoms with Crippen LogP contribution < -0.4 is 0 Å². The van der Waals surface area contributed by atoms with E-state index in [1.807, 2.05) is 28.9 Å². The molecule has 0 aliphatic carbocycles. The number of hydrogen-bond donors (Lipinski definition) is 0. The third-order valence-corrected chi connectivity index (χ3v) is 2.06. The summed E-state index contributed by atoms with van der Waals surface area (Å²) in [6.45, 7) is 0. The van der Waals surface area contributed by atoms with E-state index in [1.54, 1.807) is 6.20 Å². The molecule has 0 aromatic carbocycles. The first-order chi connectivity index (χ1) is 4.88. The van der Waals surface area contributed by atoms with Gasteiger partial charge in [-0.25, -0.2) is 4.52 Å². The fraction of sp³-hybridized carbons (Fsp3) is 0. The van der Waals surface area contributed by atoms with E-state index in [0.29, 0.717) is 0 Å². The molecule has 2 nitrogen and oxygen atoms in total. The first kappa shape index (κ1) is 5.92. The van der Waals surface area contributed by atoms with E-state index in [-0.39, 0.29) is 0 Å². The van der Waals surface area contributed by atoms with Crippen molar-refractivity contribution in [2.24, 2.45) is 0 Å². The van der Waals surface area contributed by atoms with Crippen molar-refractivity contribution >= 4 is 21.4 Å². The van der Waals surface area contributed by atoms with Crippen LogP contribution in [0, 0.1) is 0 Å². The van der Waals surface area contributed by atoms with E-state index in [9.17, 15) is 0 Å². The molecule has 0 fully saturated rings. The van der Waals surface area contributed by atoms with E-state index in [4.69, 9.17) is 0 Å². The maximum atomic E-state index is 4.07. The average Bonchev–Trinajstić information content (AvgIpc) is 2.36. The SMILES string of the molecule is Brc1cccn2nccc12. The molecule has 0 bridgehead atoms. The number of fused-ring (bicyclic) bond motifs is 1. The zero-order valence-electron chi connectivity index (χ0n) is 5.16. The highest BCUT2D eigenvalue weighted by molar-refractivity contribution is 9.10. The minimum absolute atomic E-state index is 1.08. The van der Waals surface area contributed by atoms with Gasteiger partial charge in [0.15, 0.2) is 0 Å². The second-order valence-corrected chi connectivity index (χ2v) is 2.87. The number of rotatable bonds is 0. The molecule has 2 heterocycles. The average molecular weight is 197 g/mol. The van der Waals surface area contributed by atoms with E-state index in [0.717, 1.165) is 9.99 Å². The Bertz CT molecular complexity index is 353. The van der Waals surface area contributed by atoms with Crippen molar-refractivity contribution in [2.45, 2.75) is 0 Å². The van der Waals surface area contributed by atoms with Crippen LogP contribution in [0.4, 0.5) is 0 Å². The van der Waals surface area contributed by atoms with Gasteiger partial charge in [-0.1, -0.05) is 0 Å². The van der Waals surface area contributed by atoms with Crippen molar-refractivity contribution in [2.75, 3.05) is 0 Å². The predicted octanol–water partition coefficient (Wildman–Crippen LogP) is 2.10. The Hall–Kier alpha value is -0.830. The van der Waals surface area contributed by atoms with Crippen molar-refractivity contribution in [3.8, 4) is 0 Å². The number of pyridine rings is 1. The molecular formula is C7H5BrN2. The molecule has 2 rings (SSSR count). The molecule has 0 saturated heterocycles. The Balaban J connectivity index is 2.95. The third-order valence-electron chi connectivity index (χ3n) is 1.38. The van der Waals surface area contributed by atoms with Crippen molar-refractivity contribution in [3.05, 3.63) is 35.1 Å². The van der Waals surface area contributed by atoms with Crippen LogP contribution in [-0.2, 0) is 0 Å². The van der Waals surface area contributed by atoms with Gasteiger partial charge in [0.1, 0.15) is 0 Å². The molecule has 2 aromatic rings. The van der Waals surface area contributed by atoms with Gasteiger partial charge in [-0.05, 0) is 34.1 Å². The summed E-state index contributed by atoms with van der Waals surface area (Å²) in [6, 6.07) is 5.91. The first-order valence-electron chi connectivity index (χ1n) is 2.96.